The summed E-state index contributed by atoms with van der Waals surface area (Å²) >= 11 is 1.30. The summed E-state index contributed by atoms with van der Waals surface area (Å²) in [5.74, 6) is 1.32. The number of rotatable bonds is 5. The molecule has 1 aromatic carbocycles. The highest BCUT2D eigenvalue weighted by Gasteiger charge is 2.16. The Bertz CT molecular complexity index is 900. The third-order valence-electron chi connectivity index (χ3n) is 4.10. The number of benzene rings is 1. The quantitative estimate of drug-likeness (QED) is 0.701. The summed E-state index contributed by atoms with van der Waals surface area (Å²) in [6.07, 6.45) is 4.13. The number of nitrogens with one attached hydrogen (secondary N) is 1. The number of aryl methyl sites for hydroxylation is 2. The second-order valence-corrected chi connectivity index (χ2v) is 6.76. The highest BCUT2D eigenvalue weighted by molar-refractivity contribution is 7.99. The lowest BCUT2D eigenvalue weighted by atomic mass is 10.1. The number of amides is 1. The first-order valence-corrected chi connectivity index (χ1v) is 8.99. The Balaban J connectivity index is 1.38. The average molecular weight is 355 g/mol. The number of hydrogen-bond acceptors (Lipinski definition) is 6. The first-order chi connectivity index (χ1) is 12.2. The molecule has 3 heterocycles. The highest BCUT2D eigenvalue weighted by atomic mass is 32.2. The molecule has 1 N–H and O–H groups in total. The summed E-state index contributed by atoms with van der Waals surface area (Å²) in [5.41, 5.74) is 3.01. The van der Waals surface area contributed by atoms with E-state index in [2.05, 4.69) is 30.4 Å². The van der Waals surface area contributed by atoms with Crippen molar-refractivity contribution in [2.24, 2.45) is 7.05 Å². The maximum absolute atomic E-state index is 12.1. The standard InChI is InChI=1S/C16H17N7OS/c1-22-16(19-20-21-22)25-10-15(24)18-12-6-4-11(5-7-12)13-9-17-14-3-2-8-23(13)14/h4-7,9H,2-3,8,10H2,1H3,(H,18,24). The minimum absolute atomic E-state index is 0.0917. The van der Waals surface area contributed by atoms with Crippen LogP contribution >= 0.6 is 11.8 Å². The van der Waals surface area contributed by atoms with E-state index in [1.54, 1.807) is 7.05 Å². The zero-order chi connectivity index (χ0) is 17.2. The SMILES string of the molecule is Cn1nnnc1SCC(=O)Nc1ccc(-c2cnc3n2CCC3)cc1. The van der Waals surface area contributed by atoms with E-state index in [1.807, 2.05) is 30.5 Å². The van der Waals surface area contributed by atoms with Gasteiger partial charge in [0.25, 0.3) is 0 Å². The summed E-state index contributed by atoms with van der Waals surface area (Å²) in [6, 6.07) is 7.85. The monoisotopic (exact) mass is 355 g/mol. The van der Waals surface area contributed by atoms with Gasteiger partial charge in [0.15, 0.2) is 0 Å². The normalized spacial score (nSPS) is 13.0. The van der Waals surface area contributed by atoms with Crippen LogP contribution in [0.3, 0.4) is 0 Å². The van der Waals surface area contributed by atoms with Gasteiger partial charge in [-0.05, 0) is 34.5 Å². The van der Waals surface area contributed by atoms with E-state index in [1.165, 1.54) is 16.4 Å². The van der Waals surface area contributed by atoms with Gasteiger partial charge in [-0.1, -0.05) is 23.9 Å². The van der Waals surface area contributed by atoms with Gasteiger partial charge in [0.1, 0.15) is 5.82 Å². The number of aromatic nitrogens is 6. The summed E-state index contributed by atoms with van der Waals surface area (Å²) in [7, 11) is 1.74. The summed E-state index contributed by atoms with van der Waals surface area (Å²) in [5, 5.41) is 14.6. The predicted octanol–water partition coefficient (Wildman–Crippen LogP) is 1.75. The second-order valence-electron chi connectivity index (χ2n) is 5.81. The van der Waals surface area contributed by atoms with Crippen molar-refractivity contribution in [3.63, 3.8) is 0 Å². The van der Waals surface area contributed by atoms with Gasteiger partial charge in [-0.3, -0.25) is 4.79 Å². The number of anilines is 1. The molecule has 0 fully saturated rings. The van der Waals surface area contributed by atoms with Crippen LogP contribution in [-0.4, -0.2) is 41.4 Å². The molecule has 4 rings (SSSR count). The molecule has 0 saturated heterocycles. The number of hydrogen-bond donors (Lipinski definition) is 1. The van der Waals surface area contributed by atoms with Crippen molar-refractivity contribution >= 4 is 23.4 Å². The molecule has 0 aliphatic carbocycles. The third kappa shape index (κ3) is 3.27. The lowest BCUT2D eigenvalue weighted by molar-refractivity contribution is -0.113. The van der Waals surface area contributed by atoms with Crippen LogP contribution in [0.5, 0.6) is 0 Å². The summed E-state index contributed by atoms with van der Waals surface area (Å²) in [6.45, 7) is 1.03. The minimum atomic E-state index is -0.0917. The average Bonchev–Trinajstić information content (AvgIpc) is 3.31. The zero-order valence-electron chi connectivity index (χ0n) is 13.7. The van der Waals surface area contributed by atoms with Crippen LogP contribution in [-0.2, 0) is 24.8 Å². The Morgan fingerprint density at radius 2 is 2.16 bits per heavy atom. The number of fused-ring (bicyclic) bond motifs is 1. The van der Waals surface area contributed by atoms with Crippen LogP contribution in [0.1, 0.15) is 12.2 Å². The van der Waals surface area contributed by atoms with Crippen molar-refractivity contribution in [2.75, 3.05) is 11.1 Å². The molecule has 1 aliphatic heterocycles. The minimum Gasteiger partial charge on any atom is -0.328 e. The molecule has 1 amide bonds. The Hall–Kier alpha value is -2.68. The molecule has 9 heteroatoms. The molecule has 25 heavy (non-hydrogen) atoms. The first kappa shape index (κ1) is 15.8. The molecule has 0 atom stereocenters. The highest BCUT2D eigenvalue weighted by Crippen LogP contribution is 2.26. The molecule has 128 valence electrons. The zero-order valence-corrected chi connectivity index (χ0v) is 14.5. The number of imidazole rings is 1. The lowest BCUT2D eigenvalue weighted by Crippen LogP contribution is -2.14. The van der Waals surface area contributed by atoms with E-state index in [4.69, 9.17) is 0 Å². The molecule has 0 spiro atoms. The van der Waals surface area contributed by atoms with Gasteiger partial charge < -0.3 is 9.88 Å². The van der Waals surface area contributed by atoms with Crippen molar-refractivity contribution in [1.82, 2.24) is 29.8 Å². The van der Waals surface area contributed by atoms with Crippen LogP contribution in [0, 0.1) is 0 Å². The fraction of sp³-hybridized carbons (Fsp3) is 0.312. The molecule has 0 bridgehead atoms. The van der Waals surface area contributed by atoms with Gasteiger partial charge in [-0.25, -0.2) is 9.67 Å². The van der Waals surface area contributed by atoms with Crippen LogP contribution in [0.25, 0.3) is 11.3 Å². The van der Waals surface area contributed by atoms with E-state index in [0.29, 0.717) is 5.16 Å². The maximum atomic E-state index is 12.1. The number of carbonyl (C=O) groups is 1. The predicted molar refractivity (Wildman–Crippen MR) is 94.1 cm³/mol. The Morgan fingerprint density at radius 1 is 1.32 bits per heavy atom. The topological polar surface area (TPSA) is 90.5 Å². The third-order valence-corrected chi connectivity index (χ3v) is 5.11. The van der Waals surface area contributed by atoms with Gasteiger partial charge in [0.2, 0.25) is 11.1 Å². The smallest absolute Gasteiger partial charge is 0.234 e. The fourth-order valence-electron chi connectivity index (χ4n) is 2.88. The van der Waals surface area contributed by atoms with E-state index in [9.17, 15) is 4.79 Å². The van der Waals surface area contributed by atoms with Crippen molar-refractivity contribution in [2.45, 2.75) is 24.5 Å². The van der Waals surface area contributed by atoms with Crippen molar-refractivity contribution in [3.05, 3.63) is 36.3 Å². The van der Waals surface area contributed by atoms with Gasteiger partial charge >= 0.3 is 0 Å². The largest absolute Gasteiger partial charge is 0.328 e. The Morgan fingerprint density at radius 3 is 2.92 bits per heavy atom. The van der Waals surface area contributed by atoms with E-state index in [0.717, 1.165) is 42.2 Å². The Kier molecular flexibility index (Phi) is 4.22. The molecular formula is C16H17N7OS. The van der Waals surface area contributed by atoms with Crippen molar-refractivity contribution < 1.29 is 4.79 Å². The number of nitrogens with zero attached hydrogens (tertiary/aromatic N) is 6. The molecular weight excluding hydrogens is 338 g/mol. The maximum Gasteiger partial charge on any atom is 0.234 e. The number of thioether (sulfide) groups is 1. The van der Waals surface area contributed by atoms with Crippen LogP contribution in [0.2, 0.25) is 0 Å². The molecule has 1 aliphatic rings. The number of carbonyl (C=O) groups excluding carboxylic acids is 1. The van der Waals surface area contributed by atoms with Crippen molar-refractivity contribution in [3.8, 4) is 11.3 Å². The molecule has 0 saturated carbocycles. The molecule has 0 radical (unpaired) electrons. The van der Waals surface area contributed by atoms with E-state index in [-0.39, 0.29) is 11.7 Å². The fourth-order valence-corrected chi connectivity index (χ4v) is 3.53. The van der Waals surface area contributed by atoms with Crippen LogP contribution < -0.4 is 5.32 Å². The van der Waals surface area contributed by atoms with Gasteiger partial charge in [0.05, 0.1) is 17.6 Å². The second kappa shape index (κ2) is 6.67. The van der Waals surface area contributed by atoms with Crippen LogP contribution in [0.4, 0.5) is 5.69 Å². The van der Waals surface area contributed by atoms with E-state index >= 15 is 0 Å². The van der Waals surface area contributed by atoms with Gasteiger partial charge in [-0.15, -0.1) is 5.10 Å². The molecule has 8 nitrogen and oxygen atoms in total. The first-order valence-electron chi connectivity index (χ1n) is 8.00. The van der Waals surface area contributed by atoms with Crippen LogP contribution in [0.15, 0.2) is 35.6 Å². The molecule has 2 aromatic heterocycles. The summed E-state index contributed by atoms with van der Waals surface area (Å²) in [4.78, 5) is 16.5. The van der Waals surface area contributed by atoms with Crippen molar-refractivity contribution in [1.29, 1.82) is 0 Å². The van der Waals surface area contributed by atoms with Gasteiger partial charge in [-0.2, -0.15) is 0 Å². The van der Waals surface area contributed by atoms with Gasteiger partial charge in [0, 0.05) is 25.7 Å². The summed E-state index contributed by atoms with van der Waals surface area (Å²) < 4.78 is 3.80. The Labute approximate surface area is 148 Å². The molecule has 3 aromatic rings. The number of tetrazole rings is 1. The van der Waals surface area contributed by atoms with E-state index < -0.39 is 0 Å². The lowest BCUT2D eigenvalue weighted by Gasteiger charge is -2.08. The molecule has 0 unspecified atom stereocenters.